The van der Waals surface area contributed by atoms with Crippen molar-refractivity contribution < 1.29 is 18.7 Å². The number of hydrogen-bond acceptors (Lipinski definition) is 6. The van der Waals surface area contributed by atoms with Gasteiger partial charge in [0.25, 0.3) is 0 Å². The average molecular weight is 427 g/mol. The Hall–Kier alpha value is -4.32. The summed E-state index contributed by atoms with van der Waals surface area (Å²) in [5, 5.41) is 0.774. The fourth-order valence-corrected chi connectivity index (χ4v) is 3.22. The molecule has 4 aromatic rings. The zero-order valence-corrected chi connectivity index (χ0v) is 17.2. The predicted octanol–water partition coefficient (Wildman–Crippen LogP) is 4.96. The van der Waals surface area contributed by atoms with Gasteiger partial charge in [0.15, 0.2) is 0 Å². The molecule has 0 radical (unpaired) electrons. The summed E-state index contributed by atoms with van der Waals surface area (Å²) in [5.41, 5.74) is 8.77. The maximum atomic E-state index is 12.5. The largest absolute Gasteiger partial charge is 0.489 e. The van der Waals surface area contributed by atoms with Crippen molar-refractivity contribution in [1.29, 1.82) is 0 Å². The van der Waals surface area contributed by atoms with Gasteiger partial charge in [-0.3, -0.25) is 0 Å². The van der Waals surface area contributed by atoms with Gasteiger partial charge in [0, 0.05) is 17.1 Å². The third-order valence-corrected chi connectivity index (χ3v) is 4.83. The molecule has 3 aromatic carbocycles. The van der Waals surface area contributed by atoms with Crippen molar-refractivity contribution in [1.82, 2.24) is 0 Å². The highest BCUT2D eigenvalue weighted by Crippen LogP contribution is 2.25. The highest BCUT2D eigenvalue weighted by molar-refractivity contribution is 5.89. The maximum absolute atomic E-state index is 12.5. The number of benzene rings is 3. The lowest BCUT2D eigenvalue weighted by Gasteiger charge is -2.09. The number of hydrogen-bond donors (Lipinski definition) is 1. The summed E-state index contributed by atoms with van der Waals surface area (Å²) < 4.78 is 16.4. The zero-order valence-electron chi connectivity index (χ0n) is 17.2. The molecule has 6 heteroatoms. The minimum absolute atomic E-state index is 0.155. The van der Waals surface area contributed by atoms with E-state index in [1.54, 1.807) is 60.7 Å². The maximum Gasteiger partial charge on any atom is 0.344 e. The Morgan fingerprint density at radius 1 is 1.03 bits per heavy atom. The Bertz CT molecular complexity index is 1340. The van der Waals surface area contributed by atoms with E-state index < -0.39 is 11.6 Å². The molecule has 0 saturated heterocycles. The topological polar surface area (TPSA) is 91.8 Å². The predicted molar refractivity (Wildman–Crippen MR) is 124 cm³/mol. The van der Waals surface area contributed by atoms with Gasteiger partial charge >= 0.3 is 11.6 Å². The Morgan fingerprint density at radius 3 is 2.62 bits per heavy atom. The fraction of sp³-hybridized carbons (Fsp3) is 0.0769. The standard InChI is InChI=1S/C26H21NO5/c1-2-12-30-25(28)20-5-3-4-17(13-20)16-31-22-11-8-19-14-23(26(29)32-24(19)15-22)18-6-9-21(27)10-7-18/h2-11,13-15H,1,12,16,27H2. The van der Waals surface area contributed by atoms with E-state index in [2.05, 4.69) is 6.58 Å². The summed E-state index contributed by atoms with van der Waals surface area (Å²) in [6, 6.07) is 21.2. The first-order chi connectivity index (χ1) is 15.5. The summed E-state index contributed by atoms with van der Waals surface area (Å²) in [4.78, 5) is 24.5. The quantitative estimate of drug-likeness (QED) is 0.194. The van der Waals surface area contributed by atoms with Gasteiger partial charge in [-0.25, -0.2) is 9.59 Å². The number of nitrogens with two attached hydrogens (primary N) is 1. The van der Waals surface area contributed by atoms with E-state index in [1.807, 2.05) is 12.1 Å². The lowest BCUT2D eigenvalue weighted by Crippen LogP contribution is -2.06. The first-order valence-electron chi connectivity index (χ1n) is 9.97. The van der Waals surface area contributed by atoms with Gasteiger partial charge in [-0.05, 0) is 53.6 Å². The molecule has 0 fully saturated rings. The monoisotopic (exact) mass is 427 g/mol. The molecule has 0 aliphatic rings. The molecule has 0 spiro atoms. The molecular weight excluding hydrogens is 406 g/mol. The normalized spacial score (nSPS) is 10.6. The summed E-state index contributed by atoms with van der Waals surface area (Å²) in [6.07, 6.45) is 1.52. The average Bonchev–Trinajstić information content (AvgIpc) is 2.81. The van der Waals surface area contributed by atoms with Crippen molar-refractivity contribution in [2.24, 2.45) is 0 Å². The molecule has 0 saturated carbocycles. The summed E-state index contributed by atoms with van der Waals surface area (Å²) in [7, 11) is 0. The molecule has 1 aromatic heterocycles. The minimum Gasteiger partial charge on any atom is -0.489 e. The van der Waals surface area contributed by atoms with Crippen molar-refractivity contribution in [3.8, 4) is 16.9 Å². The molecule has 0 aliphatic heterocycles. The molecule has 2 N–H and O–H groups in total. The zero-order chi connectivity index (χ0) is 22.5. The number of rotatable bonds is 7. The molecule has 1 heterocycles. The van der Waals surface area contributed by atoms with E-state index in [1.165, 1.54) is 6.08 Å². The fourth-order valence-electron chi connectivity index (χ4n) is 3.22. The molecule has 0 amide bonds. The number of fused-ring (bicyclic) bond motifs is 1. The molecule has 0 unspecified atom stereocenters. The molecule has 32 heavy (non-hydrogen) atoms. The van der Waals surface area contributed by atoms with Crippen molar-refractivity contribution in [2.45, 2.75) is 6.61 Å². The Morgan fingerprint density at radius 2 is 1.84 bits per heavy atom. The molecule has 160 valence electrons. The van der Waals surface area contributed by atoms with E-state index in [9.17, 15) is 9.59 Å². The molecule has 0 atom stereocenters. The number of anilines is 1. The number of ether oxygens (including phenoxy) is 2. The third-order valence-electron chi connectivity index (χ3n) is 4.83. The van der Waals surface area contributed by atoms with Crippen LogP contribution in [-0.4, -0.2) is 12.6 Å². The Balaban J connectivity index is 1.52. The minimum atomic E-state index is -0.440. The van der Waals surface area contributed by atoms with E-state index in [4.69, 9.17) is 19.6 Å². The second kappa shape index (κ2) is 9.22. The second-order valence-corrected chi connectivity index (χ2v) is 7.15. The first-order valence-corrected chi connectivity index (χ1v) is 9.97. The van der Waals surface area contributed by atoms with Gasteiger partial charge in [0.05, 0.1) is 11.1 Å². The molecule has 6 nitrogen and oxygen atoms in total. The van der Waals surface area contributed by atoms with Crippen LogP contribution in [0.5, 0.6) is 5.75 Å². The van der Waals surface area contributed by atoms with Crippen LogP contribution in [0.25, 0.3) is 22.1 Å². The number of carbonyl (C=O) groups is 1. The Labute approximate surface area is 184 Å². The van der Waals surface area contributed by atoms with Crippen LogP contribution in [0.3, 0.4) is 0 Å². The van der Waals surface area contributed by atoms with E-state index in [-0.39, 0.29) is 13.2 Å². The van der Waals surface area contributed by atoms with Gasteiger partial charge in [-0.2, -0.15) is 0 Å². The summed E-state index contributed by atoms with van der Waals surface area (Å²) in [5.74, 6) is 0.122. The van der Waals surface area contributed by atoms with Gasteiger partial charge < -0.3 is 19.6 Å². The van der Waals surface area contributed by atoms with Crippen LogP contribution in [0.2, 0.25) is 0 Å². The van der Waals surface area contributed by atoms with Crippen molar-refractivity contribution in [3.63, 3.8) is 0 Å². The Kier molecular flexibility index (Phi) is 6.03. The lowest BCUT2D eigenvalue weighted by atomic mass is 10.1. The number of esters is 1. The van der Waals surface area contributed by atoms with Crippen LogP contribution in [0.1, 0.15) is 15.9 Å². The van der Waals surface area contributed by atoms with Crippen LogP contribution in [-0.2, 0) is 11.3 Å². The SMILES string of the molecule is C=CCOC(=O)c1cccc(COc2ccc3cc(-c4ccc(N)cc4)c(=O)oc3c2)c1. The number of nitrogen functional groups attached to an aromatic ring is 1. The summed E-state index contributed by atoms with van der Waals surface area (Å²) >= 11 is 0. The molecule has 0 bridgehead atoms. The highest BCUT2D eigenvalue weighted by Gasteiger charge is 2.10. The highest BCUT2D eigenvalue weighted by atomic mass is 16.5. The molecule has 0 aliphatic carbocycles. The van der Waals surface area contributed by atoms with E-state index >= 15 is 0 Å². The first kappa shape index (κ1) is 20.9. The van der Waals surface area contributed by atoms with Crippen molar-refractivity contribution >= 4 is 22.6 Å². The van der Waals surface area contributed by atoms with Gasteiger partial charge in [0.1, 0.15) is 24.5 Å². The van der Waals surface area contributed by atoms with Crippen LogP contribution >= 0.6 is 0 Å². The van der Waals surface area contributed by atoms with Crippen LogP contribution in [0.4, 0.5) is 5.69 Å². The lowest BCUT2D eigenvalue weighted by molar-refractivity contribution is 0.0549. The van der Waals surface area contributed by atoms with Gasteiger partial charge in [0.2, 0.25) is 0 Å². The second-order valence-electron chi connectivity index (χ2n) is 7.15. The molecular formula is C26H21NO5. The molecule has 4 rings (SSSR count). The van der Waals surface area contributed by atoms with Crippen molar-refractivity contribution in [3.05, 3.63) is 107 Å². The van der Waals surface area contributed by atoms with E-state index in [0.717, 1.165) is 16.5 Å². The summed E-state index contributed by atoms with van der Waals surface area (Å²) in [6.45, 7) is 3.92. The van der Waals surface area contributed by atoms with Gasteiger partial charge in [-0.1, -0.05) is 36.9 Å². The van der Waals surface area contributed by atoms with E-state index in [0.29, 0.717) is 28.1 Å². The van der Waals surface area contributed by atoms with Crippen LogP contribution < -0.4 is 16.1 Å². The third kappa shape index (κ3) is 4.70. The van der Waals surface area contributed by atoms with Crippen molar-refractivity contribution in [2.75, 3.05) is 12.3 Å². The smallest absolute Gasteiger partial charge is 0.344 e. The number of carbonyl (C=O) groups excluding carboxylic acids is 1. The van der Waals surface area contributed by atoms with Crippen LogP contribution in [0.15, 0.2) is 94.7 Å². The van der Waals surface area contributed by atoms with Gasteiger partial charge in [-0.15, -0.1) is 0 Å². The van der Waals surface area contributed by atoms with Crippen LogP contribution in [0, 0.1) is 0 Å².